The lowest BCUT2D eigenvalue weighted by atomic mass is 10.1. The van der Waals surface area contributed by atoms with Crippen molar-refractivity contribution < 1.29 is 14.6 Å². The highest BCUT2D eigenvalue weighted by atomic mass is 16.5. The molecule has 0 saturated carbocycles. The number of rotatable bonds is 3. The van der Waals surface area contributed by atoms with Crippen LogP contribution in [0.4, 0.5) is 0 Å². The molecular weight excluding hydrogens is 242 g/mol. The van der Waals surface area contributed by atoms with Crippen LogP contribution in [0.5, 0.6) is 0 Å². The van der Waals surface area contributed by atoms with Gasteiger partial charge in [0.25, 0.3) is 5.91 Å². The summed E-state index contributed by atoms with van der Waals surface area (Å²) in [6, 6.07) is 7.14. The summed E-state index contributed by atoms with van der Waals surface area (Å²) in [4.78, 5) is 12.1. The van der Waals surface area contributed by atoms with Crippen molar-refractivity contribution in [2.45, 2.75) is 6.42 Å². The molecule has 1 aliphatic heterocycles. The molecule has 4 heteroatoms. The second-order valence-electron chi connectivity index (χ2n) is 4.45. The van der Waals surface area contributed by atoms with Crippen molar-refractivity contribution in [2.24, 2.45) is 5.92 Å². The van der Waals surface area contributed by atoms with Crippen LogP contribution in [0.3, 0.4) is 0 Å². The Hall–Kier alpha value is -1.83. The third-order valence-electron chi connectivity index (χ3n) is 3.05. The molecule has 1 atom stereocenters. The minimum atomic E-state index is -0.213. The molecule has 0 spiro atoms. The summed E-state index contributed by atoms with van der Waals surface area (Å²) in [6.07, 6.45) is 0.992. The molecule has 1 aromatic rings. The number of ether oxygens (including phenoxy) is 1. The van der Waals surface area contributed by atoms with Crippen LogP contribution in [-0.4, -0.2) is 37.4 Å². The molecule has 100 valence electrons. The number of aliphatic hydroxyl groups excluding tert-OH is 1. The van der Waals surface area contributed by atoms with E-state index in [0.29, 0.717) is 30.2 Å². The van der Waals surface area contributed by atoms with Crippen LogP contribution in [0.25, 0.3) is 0 Å². The minimum absolute atomic E-state index is 0.130. The van der Waals surface area contributed by atoms with Crippen LogP contribution < -0.4 is 5.32 Å². The highest BCUT2D eigenvalue weighted by Crippen LogP contribution is 2.12. The third kappa shape index (κ3) is 3.82. The van der Waals surface area contributed by atoms with Crippen LogP contribution in [0.15, 0.2) is 24.3 Å². The van der Waals surface area contributed by atoms with E-state index in [1.54, 1.807) is 18.2 Å². The van der Waals surface area contributed by atoms with Crippen molar-refractivity contribution in [2.75, 3.05) is 26.4 Å². The van der Waals surface area contributed by atoms with Gasteiger partial charge in [0.2, 0.25) is 0 Å². The molecule has 2 N–H and O–H groups in total. The zero-order valence-corrected chi connectivity index (χ0v) is 10.7. The van der Waals surface area contributed by atoms with Gasteiger partial charge in [-0.1, -0.05) is 24.0 Å². The molecule has 1 aromatic carbocycles. The minimum Gasteiger partial charge on any atom is -0.384 e. The summed E-state index contributed by atoms with van der Waals surface area (Å²) in [7, 11) is 0. The van der Waals surface area contributed by atoms with Gasteiger partial charge in [-0.3, -0.25) is 4.79 Å². The fourth-order valence-electron chi connectivity index (χ4n) is 2.00. The first-order chi connectivity index (χ1) is 9.31. The van der Waals surface area contributed by atoms with E-state index < -0.39 is 0 Å². The lowest BCUT2D eigenvalue weighted by Crippen LogP contribution is -2.30. The summed E-state index contributed by atoms with van der Waals surface area (Å²) in [5, 5.41) is 11.6. The van der Waals surface area contributed by atoms with Gasteiger partial charge in [0, 0.05) is 24.6 Å². The van der Waals surface area contributed by atoms with Crippen LogP contribution in [0, 0.1) is 17.8 Å². The fraction of sp³-hybridized carbons (Fsp3) is 0.400. The van der Waals surface area contributed by atoms with E-state index in [9.17, 15) is 4.79 Å². The Morgan fingerprint density at radius 2 is 2.32 bits per heavy atom. The summed E-state index contributed by atoms with van der Waals surface area (Å²) >= 11 is 0. The molecular formula is C15H17NO3. The van der Waals surface area contributed by atoms with E-state index in [0.717, 1.165) is 13.0 Å². The predicted octanol–water partition coefficient (Wildman–Crippen LogP) is 0.797. The molecule has 19 heavy (non-hydrogen) atoms. The van der Waals surface area contributed by atoms with E-state index in [1.165, 1.54) is 0 Å². The molecule has 1 fully saturated rings. The van der Waals surface area contributed by atoms with E-state index in [-0.39, 0.29) is 12.5 Å². The van der Waals surface area contributed by atoms with E-state index >= 15 is 0 Å². The normalized spacial score (nSPS) is 17.6. The number of carbonyl (C=O) groups is 1. The van der Waals surface area contributed by atoms with Gasteiger partial charge in [-0.15, -0.1) is 0 Å². The maximum Gasteiger partial charge on any atom is 0.252 e. The molecule has 4 nitrogen and oxygen atoms in total. The van der Waals surface area contributed by atoms with Gasteiger partial charge in [-0.2, -0.15) is 0 Å². The standard InChI is InChI=1S/C15H17NO3/c17-8-3-5-13-4-1-2-6-14(13)15(18)16-10-12-7-9-19-11-12/h1-2,4,6,12,17H,7-11H2,(H,16,18). The smallest absolute Gasteiger partial charge is 0.252 e. The number of amides is 1. The summed E-state index contributed by atoms with van der Waals surface area (Å²) in [6.45, 7) is 1.90. The molecule has 0 aliphatic carbocycles. The molecule has 0 radical (unpaired) electrons. The average molecular weight is 259 g/mol. The molecule has 1 saturated heterocycles. The zero-order chi connectivity index (χ0) is 13.5. The van der Waals surface area contributed by atoms with Gasteiger partial charge >= 0.3 is 0 Å². The maximum atomic E-state index is 12.1. The topological polar surface area (TPSA) is 58.6 Å². The second kappa shape index (κ2) is 6.93. The Balaban J connectivity index is 2.01. The first-order valence-electron chi connectivity index (χ1n) is 6.36. The Morgan fingerprint density at radius 1 is 1.47 bits per heavy atom. The SMILES string of the molecule is O=C(NCC1CCOC1)c1ccccc1C#CCO. The van der Waals surface area contributed by atoms with E-state index in [4.69, 9.17) is 9.84 Å². The number of carbonyl (C=O) groups excluding carboxylic acids is 1. The third-order valence-corrected chi connectivity index (χ3v) is 3.05. The van der Waals surface area contributed by atoms with Crippen LogP contribution in [0.2, 0.25) is 0 Å². The quantitative estimate of drug-likeness (QED) is 0.789. The lowest BCUT2D eigenvalue weighted by Gasteiger charge is -2.10. The molecule has 0 aromatic heterocycles. The predicted molar refractivity (Wildman–Crippen MR) is 71.7 cm³/mol. The number of aliphatic hydroxyl groups is 1. The number of benzene rings is 1. The lowest BCUT2D eigenvalue weighted by molar-refractivity contribution is 0.0944. The van der Waals surface area contributed by atoms with Crippen LogP contribution in [0.1, 0.15) is 22.3 Å². The molecule has 1 amide bonds. The van der Waals surface area contributed by atoms with Gasteiger partial charge in [0.05, 0.1) is 12.2 Å². The maximum absolute atomic E-state index is 12.1. The Bertz CT molecular complexity index is 496. The van der Waals surface area contributed by atoms with Gasteiger partial charge in [0.15, 0.2) is 0 Å². The van der Waals surface area contributed by atoms with Crippen molar-refractivity contribution in [3.63, 3.8) is 0 Å². The van der Waals surface area contributed by atoms with Gasteiger partial charge in [0.1, 0.15) is 6.61 Å². The largest absolute Gasteiger partial charge is 0.384 e. The Kier molecular flexibility index (Phi) is 4.96. The van der Waals surface area contributed by atoms with Crippen LogP contribution in [-0.2, 0) is 4.74 Å². The van der Waals surface area contributed by atoms with Gasteiger partial charge in [-0.25, -0.2) is 0 Å². The molecule has 1 aliphatic rings. The molecule has 0 bridgehead atoms. The van der Waals surface area contributed by atoms with Crippen LogP contribution >= 0.6 is 0 Å². The van der Waals surface area contributed by atoms with E-state index in [1.807, 2.05) is 6.07 Å². The van der Waals surface area contributed by atoms with Gasteiger partial charge < -0.3 is 15.2 Å². The summed E-state index contributed by atoms with van der Waals surface area (Å²) in [5.41, 5.74) is 1.18. The number of hydrogen-bond donors (Lipinski definition) is 2. The van der Waals surface area contributed by atoms with Crippen molar-refractivity contribution in [1.82, 2.24) is 5.32 Å². The van der Waals surface area contributed by atoms with E-state index in [2.05, 4.69) is 17.2 Å². The molecule has 1 unspecified atom stereocenters. The highest BCUT2D eigenvalue weighted by Gasteiger charge is 2.17. The van der Waals surface area contributed by atoms with Crippen molar-refractivity contribution in [3.8, 4) is 11.8 Å². The molecule has 1 heterocycles. The second-order valence-corrected chi connectivity index (χ2v) is 4.45. The fourth-order valence-corrected chi connectivity index (χ4v) is 2.00. The Morgan fingerprint density at radius 3 is 3.05 bits per heavy atom. The van der Waals surface area contributed by atoms with Gasteiger partial charge in [-0.05, 0) is 18.6 Å². The average Bonchev–Trinajstić information content (AvgIpc) is 2.96. The van der Waals surface area contributed by atoms with Crippen molar-refractivity contribution >= 4 is 5.91 Å². The highest BCUT2D eigenvalue weighted by molar-refractivity contribution is 5.96. The van der Waals surface area contributed by atoms with Crippen molar-refractivity contribution in [3.05, 3.63) is 35.4 Å². The Labute approximate surface area is 112 Å². The summed E-state index contributed by atoms with van der Waals surface area (Å²) in [5.74, 6) is 5.62. The first-order valence-corrected chi connectivity index (χ1v) is 6.36. The number of hydrogen-bond acceptors (Lipinski definition) is 3. The zero-order valence-electron chi connectivity index (χ0n) is 10.7. The number of nitrogens with one attached hydrogen (secondary N) is 1. The summed E-state index contributed by atoms with van der Waals surface area (Å²) < 4.78 is 5.27. The first kappa shape index (κ1) is 13.6. The monoisotopic (exact) mass is 259 g/mol. The molecule has 2 rings (SSSR count). The van der Waals surface area contributed by atoms with Crippen molar-refractivity contribution in [1.29, 1.82) is 0 Å².